The molecule has 0 aromatic heterocycles. The van der Waals surface area contributed by atoms with Crippen molar-refractivity contribution in [3.05, 3.63) is 0 Å². The Morgan fingerprint density at radius 1 is 1.22 bits per heavy atom. The Morgan fingerprint density at radius 2 is 1.87 bits per heavy atom. The molecule has 4 unspecified atom stereocenters. The number of carbonyl (C=O) groups is 1. The SMILES string of the molecule is CCC(CC)(OC(=O)C1(C23NI2N3)NI1C)C1CC2CCC1C2. The van der Waals surface area contributed by atoms with Crippen molar-refractivity contribution in [3.63, 3.8) is 0 Å². The van der Waals surface area contributed by atoms with E-state index >= 15 is 0 Å². The number of rotatable bonds is 6. The number of esters is 1. The molecule has 0 spiro atoms. The summed E-state index contributed by atoms with van der Waals surface area (Å²) >= 11 is -2.50. The summed E-state index contributed by atoms with van der Waals surface area (Å²) in [5.41, 5.74) is -0.218. The minimum absolute atomic E-state index is 0.0233. The molecule has 3 N–H and O–H groups in total. The topological polar surface area (TPSA) is 92.1 Å². The number of halogens is 2. The van der Waals surface area contributed by atoms with Crippen molar-refractivity contribution in [1.29, 1.82) is 0 Å². The fraction of sp³-hybridized carbons (Fsp3) is 0.938. The van der Waals surface area contributed by atoms with Crippen molar-refractivity contribution in [3.8, 4) is 0 Å². The third kappa shape index (κ3) is 1.97. The van der Waals surface area contributed by atoms with Gasteiger partial charge in [-0.25, -0.2) is 0 Å². The van der Waals surface area contributed by atoms with Gasteiger partial charge in [-0.05, 0) is 0 Å². The van der Waals surface area contributed by atoms with Crippen LogP contribution in [-0.4, -0.2) is 23.7 Å². The maximum atomic E-state index is 13.2. The van der Waals surface area contributed by atoms with Crippen LogP contribution in [-0.2, 0) is 9.53 Å². The monoisotopic (exact) mass is 547 g/mol. The first-order valence-corrected chi connectivity index (χ1v) is 16.4. The van der Waals surface area contributed by atoms with Crippen molar-refractivity contribution in [1.82, 2.24) is 10.6 Å². The van der Waals surface area contributed by atoms with E-state index in [2.05, 4.69) is 29.4 Å². The van der Waals surface area contributed by atoms with E-state index in [0.29, 0.717) is 5.92 Å². The molecule has 5 nitrogen and oxygen atoms in total. The number of carbonyl (C=O) groups excluding carboxylic acids is 1. The quantitative estimate of drug-likeness (QED) is 0.119. The Morgan fingerprint density at radius 3 is 2.26 bits per heavy atom. The van der Waals surface area contributed by atoms with Crippen LogP contribution in [0.4, 0.5) is 0 Å². The molecular weight excluding hydrogens is 520 g/mol. The van der Waals surface area contributed by atoms with E-state index < -0.39 is 40.5 Å². The Labute approximate surface area is 153 Å². The minimum atomic E-state index is -1.37. The van der Waals surface area contributed by atoms with Gasteiger partial charge in [0, 0.05) is 0 Å². The van der Waals surface area contributed by atoms with Gasteiger partial charge in [0.25, 0.3) is 0 Å². The third-order valence-corrected chi connectivity index (χ3v) is 17.6. The van der Waals surface area contributed by atoms with Crippen LogP contribution in [0.15, 0.2) is 0 Å². The van der Waals surface area contributed by atoms with Crippen molar-refractivity contribution >= 4 is 46.4 Å². The van der Waals surface area contributed by atoms with Crippen LogP contribution in [0.5, 0.6) is 0 Å². The molecule has 0 aromatic carbocycles. The molecular formula is C16H27I2N3O2. The average Bonchev–Trinajstić information content (AvgIpc) is 3.44. The summed E-state index contributed by atoms with van der Waals surface area (Å²) in [6.45, 7) is 4.44. The van der Waals surface area contributed by atoms with Crippen LogP contribution in [0, 0.1) is 17.8 Å². The molecule has 5 fully saturated rings. The molecule has 3 saturated heterocycles. The zero-order chi connectivity index (χ0) is 16.0. The second-order valence-corrected chi connectivity index (χ2v) is 17.0. The Balaban J connectivity index is 1.39. The molecule has 3 heterocycles. The van der Waals surface area contributed by atoms with Crippen LogP contribution in [0.3, 0.4) is 0 Å². The first kappa shape index (κ1) is 16.0. The van der Waals surface area contributed by atoms with Gasteiger partial charge in [-0.1, -0.05) is 0 Å². The molecule has 3 aliphatic heterocycles. The molecule has 5 rings (SSSR count). The first-order valence-electron chi connectivity index (χ1n) is 8.88. The van der Waals surface area contributed by atoms with Crippen molar-refractivity contribution in [2.75, 3.05) is 4.93 Å². The summed E-state index contributed by atoms with van der Waals surface area (Å²) in [6.07, 6.45) is 7.35. The zero-order valence-electron chi connectivity index (χ0n) is 14.0. The van der Waals surface area contributed by atoms with Crippen molar-refractivity contribution in [2.24, 2.45) is 17.8 Å². The standard InChI is InChI=1S/C16H27I2N3O2/c1-4-14(5-2,12-9-10-6-7-11(12)8-10)23-13(22)15(17(3)19-15)16-18(20-16)21-16/h10-12,19-21H,4-9H2,1-3H3. The van der Waals surface area contributed by atoms with E-state index in [-0.39, 0.29) is 18.8 Å². The molecule has 0 radical (unpaired) electrons. The second-order valence-electron chi connectivity index (χ2n) is 7.80. The normalized spacial score (nSPS) is 44.9. The third-order valence-electron chi connectivity index (χ3n) is 6.99. The van der Waals surface area contributed by atoms with Crippen molar-refractivity contribution in [2.45, 2.75) is 65.2 Å². The van der Waals surface area contributed by atoms with Crippen LogP contribution < -0.4 is 10.6 Å². The summed E-state index contributed by atoms with van der Waals surface area (Å²) < 4.78 is 16.9. The fourth-order valence-electron chi connectivity index (χ4n) is 5.36. The molecule has 5 aliphatic rings. The summed E-state index contributed by atoms with van der Waals surface area (Å²) in [5.74, 6) is 2.37. The maximum absolute atomic E-state index is 13.2. The fourth-order valence-corrected chi connectivity index (χ4v) is 20.0. The number of hydrogen-bond donors (Lipinski definition) is 3. The van der Waals surface area contributed by atoms with Crippen molar-refractivity contribution < 1.29 is 9.53 Å². The Bertz CT molecular complexity index is 564. The average molecular weight is 547 g/mol. The van der Waals surface area contributed by atoms with Crippen LogP contribution in [0.2, 0.25) is 0 Å². The molecule has 132 valence electrons. The Kier molecular flexibility index (Phi) is 3.45. The molecule has 2 aliphatic carbocycles. The number of alkyl halides is 3. The van der Waals surface area contributed by atoms with Gasteiger partial charge in [0.15, 0.2) is 0 Å². The number of nitrogens with one attached hydrogen (secondary N) is 3. The van der Waals surface area contributed by atoms with Crippen LogP contribution in [0.1, 0.15) is 52.4 Å². The van der Waals surface area contributed by atoms with Gasteiger partial charge in [0.05, 0.1) is 0 Å². The first-order chi connectivity index (χ1) is 11.0. The molecule has 2 bridgehead atoms. The molecule has 4 atom stereocenters. The summed E-state index contributed by atoms with van der Waals surface area (Å²) in [4.78, 5) is 15.5. The van der Waals surface area contributed by atoms with Gasteiger partial charge in [-0.15, -0.1) is 0 Å². The van der Waals surface area contributed by atoms with Gasteiger partial charge in [-0.3, -0.25) is 0 Å². The van der Waals surface area contributed by atoms with Gasteiger partial charge < -0.3 is 0 Å². The van der Waals surface area contributed by atoms with E-state index in [1.165, 1.54) is 25.7 Å². The number of fused-ring (bicyclic) bond motifs is 3. The number of hydrogen-bond acceptors (Lipinski definition) is 5. The zero-order valence-corrected chi connectivity index (χ0v) is 18.4. The van der Waals surface area contributed by atoms with Gasteiger partial charge in [-0.2, -0.15) is 0 Å². The van der Waals surface area contributed by atoms with Gasteiger partial charge in [0.1, 0.15) is 0 Å². The van der Waals surface area contributed by atoms with Crippen LogP contribution >= 0.6 is 40.5 Å². The molecule has 2 saturated carbocycles. The van der Waals surface area contributed by atoms with E-state index in [1.807, 2.05) is 0 Å². The van der Waals surface area contributed by atoms with Gasteiger partial charge in [0.2, 0.25) is 0 Å². The predicted molar refractivity (Wildman–Crippen MR) is 107 cm³/mol. The molecule has 0 amide bonds. The summed E-state index contributed by atoms with van der Waals surface area (Å²) in [5, 5.41) is 0. The van der Waals surface area contributed by atoms with E-state index in [0.717, 1.165) is 24.7 Å². The van der Waals surface area contributed by atoms with E-state index in [9.17, 15) is 4.79 Å². The summed E-state index contributed by atoms with van der Waals surface area (Å²) in [6, 6.07) is 0. The molecule has 0 aromatic rings. The Hall–Kier alpha value is 0.810. The second kappa shape index (κ2) is 4.95. The van der Waals surface area contributed by atoms with E-state index in [4.69, 9.17) is 4.74 Å². The number of ether oxygens (including phenoxy) is 1. The molecule has 23 heavy (non-hydrogen) atoms. The van der Waals surface area contributed by atoms with Gasteiger partial charge >= 0.3 is 154 Å². The predicted octanol–water partition coefficient (Wildman–Crippen LogP) is 3.07. The molecule has 7 heteroatoms. The van der Waals surface area contributed by atoms with E-state index in [1.54, 1.807) is 0 Å². The van der Waals surface area contributed by atoms with Crippen LogP contribution in [0.25, 0.3) is 0 Å². The summed E-state index contributed by atoms with van der Waals surface area (Å²) in [7, 11) is 0.